The van der Waals surface area contributed by atoms with Gasteiger partial charge in [-0.3, -0.25) is 30.3 Å². The zero-order valence-electron chi connectivity index (χ0n) is 11.6. The number of rotatable bonds is 3. The van der Waals surface area contributed by atoms with E-state index >= 15 is 0 Å². The minimum Gasteiger partial charge on any atom is -0.258 e. The van der Waals surface area contributed by atoms with E-state index in [1.165, 1.54) is 18.2 Å². The molecule has 1 radical (unpaired) electrons. The Labute approximate surface area is 149 Å². The van der Waals surface area contributed by atoms with Gasteiger partial charge in [-0.2, -0.15) is 0 Å². The van der Waals surface area contributed by atoms with Gasteiger partial charge in [0, 0.05) is 46.1 Å². The molecule has 0 N–H and O–H groups in total. The molecule has 0 amide bonds. The summed E-state index contributed by atoms with van der Waals surface area (Å²) in [7, 11) is 0. The van der Waals surface area contributed by atoms with Crippen LogP contribution in [0.4, 0.5) is 17.1 Å². The summed E-state index contributed by atoms with van der Waals surface area (Å²) in [5, 5.41) is 33.3. The van der Waals surface area contributed by atoms with Crippen molar-refractivity contribution < 1.29 is 31.8 Å². The first-order valence-electron chi connectivity index (χ1n) is 6.28. The van der Waals surface area contributed by atoms with Gasteiger partial charge < -0.3 is 0 Å². The van der Waals surface area contributed by atoms with Crippen molar-refractivity contribution in [2.24, 2.45) is 0 Å². The van der Waals surface area contributed by atoms with Crippen LogP contribution in [0.5, 0.6) is 0 Å². The van der Waals surface area contributed by atoms with Crippen molar-refractivity contribution in [1.29, 1.82) is 0 Å². The maximum Gasteiger partial charge on any atom is 0.290 e. The van der Waals surface area contributed by atoms with Crippen molar-refractivity contribution in [2.45, 2.75) is 16.2 Å². The maximum absolute atomic E-state index is 11.2. The number of fused-ring (bicyclic) bond motifs is 2. The second kappa shape index (κ2) is 6.55. The van der Waals surface area contributed by atoms with Gasteiger partial charge in [0.1, 0.15) is 0 Å². The van der Waals surface area contributed by atoms with E-state index in [4.69, 9.17) is 0 Å². The summed E-state index contributed by atoms with van der Waals surface area (Å²) in [6.07, 6.45) is 0.0390. The van der Waals surface area contributed by atoms with E-state index in [1.54, 1.807) is 6.07 Å². The number of non-ortho nitro benzene ring substituents is 1. The van der Waals surface area contributed by atoms with Crippen LogP contribution < -0.4 is 0 Å². The predicted molar refractivity (Wildman–Crippen MR) is 79.8 cm³/mol. The number of hydrogen-bond acceptors (Lipinski definition) is 7. The summed E-state index contributed by atoms with van der Waals surface area (Å²) < 4.78 is 0. The second-order valence-electron chi connectivity index (χ2n) is 4.76. The molecule has 1 aliphatic heterocycles. The Hall–Kier alpha value is -2.49. The summed E-state index contributed by atoms with van der Waals surface area (Å²) in [6.45, 7) is 0. The van der Waals surface area contributed by atoms with Crippen molar-refractivity contribution in [3.8, 4) is 0 Å². The van der Waals surface area contributed by atoms with Gasteiger partial charge >= 0.3 is 0 Å². The van der Waals surface area contributed by atoms with Gasteiger partial charge in [-0.1, -0.05) is 17.8 Å². The molecule has 0 spiro atoms. The predicted octanol–water partition coefficient (Wildman–Crippen LogP) is 3.46. The van der Waals surface area contributed by atoms with Crippen LogP contribution in [0.1, 0.15) is 11.1 Å². The second-order valence-corrected chi connectivity index (χ2v) is 5.81. The molecule has 11 heteroatoms. The molecule has 24 heavy (non-hydrogen) atoms. The summed E-state index contributed by atoms with van der Waals surface area (Å²) in [6, 6.07) is 6.63. The van der Waals surface area contributed by atoms with Crippen molar-refractivity contribution in [1.82, 2.24) is 0 Å². The van der Waals surface area contributed by atoms with E-state index < -0.39 is 20.5 Å². The molecule has 2 aromatic carbocycles. The number of nitrogens with zero attached hydrogens (tertiary/aromatic N) is 3. The molecule has 0 bridgehead atoms. The number of benzene rings is 2. The van der Waals surface area contributed by atoms with Crippen molar-refractivity contribution in [3.63, 3.8) is 0 Å². The molecule has 127 valence electrons. The molecule has 0 unspecified atom stereocenters. The van der Waals surface area contributed by atoms with Gasteiger partial charge in [-0.05, 0) is 11.6 Å². The minimum atomic E-state index is -0.715. The first kappa shape index (κ1) is 17.9. The Bertz CT molecular complexity index is 888. The molecule has 0 fully saturated rings. The third kappa shape index (κ3) is 2.96. The fraction of sp³-hybridized carbons (Fsp3) is 0.0769. The molecule has 0 aromatic heterocycles. The summed E-state index contributed by atoms with van der Waals surface area (Å²) >= 11 is 1.02. The van der Waals surface area contributed by atoms with Crippen LogP contribution in [0.2, 0.25) is 0 Å². The summed E-state index contributed by atoms with van der Waals surface area (Å²) in [5.74, 6) is 0. The third-order valence-corrected chi connectivity index (χ3v) is 4.70. The average Bonchev–Trinajstić information content (AvgIpc) is 2.50. The van der Waals surface area contributed by atoms with Crippen LogP contribution >= 0.6 is 11.8 Å². The van der Waals surface area contributed by atoms with E-state index in [2.05, 4.69) is 0 Å². The molecular weight excluding hydrogens is 390 g/mol. The molecule has 1 aliphatic rings. The zero-order chi connectivity index (χ0) is 16.7. The van der Waals surface area contributed by atoms with Gasteiger partial charge in [0.05, 0.1) is 25.7 Å². The monoisotopic (exact) mass is 396 g/mol. The van der Waals surface area contributed by atoms with E-state index in [-0.39, 0.29) is 39.8 Å². The van der Waals surface area contributed by atoms with E-state index in [0.717, 1.165) is 17.8 Å². The molecule has 2 aromatic rings. The van der Waals surface area contributed by atoms with Crippen LogP contribution in [0.25, 0.3) is 0 Å². The number of nitro groups is 3. The fourth-order valence-electron chi connectivity index (χ4n) is 2.44. The van der Waals surface area contributed by atoms with Gasteiger partial charge in [0.2, 0.25) is 0 Å². The molecule has 0 saturated heterocycles. The average molecular weight is 397 g/mol. The van der Waals surface area contributed by atoms with Crippen LogP contribution in [0.15, 0.2) is 40.1 Å². The summed E-state index contributed by atoms with van der Waals surface area (Å²) in [5.41, 5.74) is -0.119. The molecule has 1 heterocycles. The van der Waals surface area contributed by atoms with Gasteiger partial charge in [-0.15, -0.1) is 0 Å². The SMILES string of the molecule is O=[N+]([O-])c1cc2c(c([N+](=O)[O-])c1)Sc1cccc([N+](=O)[O-])c1C2.[Cu]. The van der Waals surface area contributed by atoms with Crippen LogP contribution in [-0.2, 0) is 23.5 Å². The molecule has 0 aliphatic carbocycles. The largest absolute Gasteiger partial charge is 0.290 e. The number of nitro benzene ring substituents is 3. The number of hydrogen-bond donors (Lipinski definition) is 0. The standard InChI is InChI=1S/C13H7N3O6S.Cu/c17-14(18)8-4-7-5-9-10(15(19)20)2-1-3-12(9)23-13(7)11(6-8)16(21)22;/h1-4,6H,5H2;. The van der Waals surface area contributed by atoms with Gasteiger partial charge in [0.15, 0.2) is 0 Å². The molecule has 0 saturated carbocycles. The molecular formula is C13H7CuN3O6S. The minimum absolute atomic E-state index is 0. The fourth-order valence-corrected chi connectivity index (χ4v) is 3.61. The van der Waals surface area contributed by atoms with Crippen LogP contribution in [-0.4, -0.2) is 14.8 Å². The Kier molecular flexibility index (Phi) is 4.88. The normalized spacial score (nSPS) is 11.7. The van der Waals surface area contributed by atoms with E-state index in [1.807, 2.05) is 0 Å². The maximum atomic E-state index is 11.2. The van der Waals surface area contributed by atoms with Crippen molar-refractivity contribution in [3.05, 3.63) is 71.8 Å². The van der Waals surface area contributed by atoms with E-state index in [0.29, 0.717) is 16.0 Å². The van der Waals surface area contributed by atoms with E-state index in [9.17, 15) is 30.3 Å². The molecule has 9 nitrogen and oxygen atoms in total. The Morgan fingerprint density at radius 3 is 2.17 bits per heavy atom. The zero-order valence-corrected chi connectivity index (χ0v) is 13.4. The quantitative estimate of drug-likeness (QED) is 0.376. The summed E-state index contributed by atoms with van der Waals surface area (Å²) in [4.78, 5) is 32.2. The first-order valence-corrected chi connectivity index (χ1v) is 7.10. The van der Waals surface area contributed by atoms with Gasteiger partial charge in [-0.25, -0.2) is 0 Å². The molecule has 3 rings (SSSR count). The Morgan fingerprint density at radius 2 is 1.58 bits per heavy atom. The van der Waals surface area contributed by atoms with Gasteiger partial charge in [0.25, 0.3) is 17.1 Å². The topological polar surface area (TPSA) is 129 Å². The van der Waals surface area contributed by atoms with Crippen molar-refractivity contribution >= 4 is 28.8 Å². The first-order chi connectivity index (χ1) is 10.9. The Balaban J connectivity index is 0.00000208. The van der Waals surface area contributed by atoms with Crippen molar-refractivity contribution in [2.75, 3.05) is 0 Å². The van der Waals surface area contributed by atoms with Crippen LogP contribution in [0, 0.1) is 30.3 Å². The van der Waals surface area contributed by atoms with Crippen LogP contribution in [0.3, 0.4) is 0 Å². The smallest absolute Gasteiger partial charge is 0.258 e. The molecule has 0 atom stereocenters. The third-order valence-electron chi connectivity index (χ3n) is 3.42. The Morgan fingerprint density at radius 1 is 0.917 bits per heavy atom.